The lowest BCUT2D eigenvalue weighted by Gasteiger charge is -2.41. The highest BCUT2D eigenvalue weighted by Crippen LogP contribution is 2.47. The highest BCUT2D eigenvalue weighted by atomic mass is 31.2. The van der Waals surface area contributed by atoms with Gasteiger partial charge >= 0.3 is 13.8 Å². The zero-order chi connectivity index (χ0) is 49.8. The van der Waals surface area contributed by atoms with Crippen molar-refractivity contribution < 1.29 is 58.3 Å². The van der Waals surface area contributed by atoms with E-state index >= 15 is 0 Å². The zero-order valence-electron chi connectivity index (χ0n) is 42.1. The summed E-state index contributed by atoms with van der Waals surface area (Å²) in [5.41, 5.74) is 0. The van der Waals surface area contributed by atoms with E-state index in [-0.39, 0.29) is 13.0 Å². The van der Waals surface area contributed by atoms with E-state index < -0.39 is 63.1 Å². The fraction of sp³-hybridized carbons (Fsp3) is 0.727. The first-order chi connectivity index (χ1) is 33.0. The number of carbonyl (C=O) groups is 1. The molecule has 0 aliphatic heterocycles. The fourth-order valence-electron chi connectivity index (χ4n) is 7.59. The average Bonchev–Trinajstić information content (AvgIpc) is 3.32. The molecule has 0 radical (unpaired) electrons. The molecule has 0 saturated heterocycles. The van der Waals surface area contributed by atoms with Crippen LogP contribution in [0.25, 0.3) is 0 Å². The second-order valence-corrected chi connectivity index (χ2v) is 19.4. The Kier molecular flexibility index (Phi) is 41.5. The molecular weight excluding hydrogens is 884 g/mol. The summed E-state index contributed by atoms with van der Waals surface area (Å²) in [5.74, 6) is -0.494. The Balaban J connectivity index is 2.37. The van der Waals surface area contributed by atoms with E-state index in [9.17, 15) is 39.8 Å². The Morgan fingerprint density at radius 3 is 1.34 bits per heavy atom. The molecule has 6 atom stereocenters. The summed E-state index contributed by atoms with van der Waals surface area (Å²) in [7, 11) is -5.04. The molecule has 6 unspecified atom stereocenters. The largest absolute Gasteiger partial charge is 0.472 e. The van der Waals surface area contributed by atoms with Crippen molar-refractivity contribution in [3.8, 4) is 0 Å². The van der Waals surface area contributed by atoms with Crippen LogP contribution in [0.15, 0.2) is 85.1 Å². The minimum absolute atomic E-state index is 0.104. The van der Waals surface area contributed by atoms with Crippen molar-refractivity contribution in [3.05, 3.63) is 85.1 Å². The number of rotatable bonds is 44. The third-order valence-corrected chi connectivity index (χ3v) is 12.7. The molecule has 1 aliphatic rings. The van der Waals surface area contributed by atoms with Gasteiger partial charge in [-0.25, -0.2) is 4.57 Å². The van der Waals surface area contributed by atoms with Gasteiger partial charge in [-0.1, -0.05) is 182 Å². The van der Waals surface area contributed by atoms with Gasteiger partial charge in [0.15, 0.2) is 0 Å². The normalized spacial score (nSPS) is 21.8. The van der Waals surface area contributed by atoms with Crippen molar-refractivity contribution >= 4 is 13.8 Å². The quantitative estimate of drug-likeness (QED) is 0.0147. The van der Waals surface area contributed by atoms with E-state index in [1.165, 1.54) is 83.5 Å². The molecule has 0 amide bonds. The Morgan fingerprint density at radius 1 is 0.485 bits per heavy atom. The fourth-order valence-corrected chi connectivity index (χ4v) is 8.56. The van der Waals surface area contributed by atoms with Gasteiger partial charge in [0.1, 0.15) is 42.7 Å². The van der Waals surface area contributed by atoms with Gasteiger partial charge in [0.05, 0.1) is 13.2 Å². The van der Waals surface area contributed by atoms with Gasteiger partial charge in [-0.05, 0) is 89.9 Å². The molecule has 392 valence electrons. The van der Waals surface area contributed by atoms with Crippen molar-refractivity contribution in [1.82, 2.24) is 0 Å². The molecule has 0 aromatic heterocycles. The average molecular weight is 979 g/mol. The van der Waals surface area contributed by atoms with Gasteiger partial charge in [-0.15, -0.1) is 0 Å². The summed E-state index contributed by atoms with van der Waals surface area (Å²) in [6, 6.07) is 0. The maximum absolute atomic E-state index is 12.9. The second kappa shape index (κ2) is 44.5. The lowest BCUT2D eigenvalue weighted by Crippen LogP contribution is -2.64. The summed E-state index contributed by atoms with van der Waals surface area (Å²) in [5, 5.41) is 50.3. The predicted molar refractivity (Wildman–Crippen MR) is 276 cm³/mol. The molecule has 6 N–H and O–H groups in total. The molecule has 1 aliphatic carbocycles. The number of carbonyl (C=O) groups excluding carboxylic acids is 1. The Bertz CT molecular complexity index is 1440. The number of allylic oxidation sites excluding steroid dienone is 14. The summed E-state index contributed by atoms with van der Waals surface area (Å²) in [4.78, 5) is 23.3. The number of esters is 1. The van der Waals surface area contributed by atoms with Gasteiger partial charge in [0.2, 0.25) is 0 Å². The van der Waals surface area contributed by atoms with Gasteiger partial charge in [0.25, 0.3) is 0 Å². The van der Waals surface area contributed by atoms with Crippen LogP contribution in [0.1, 0.15) is 194 Å². The highest BCUT2D eigenvalue weighted by molar-refractivity contribution is 7.47. The van der Waals surface area contributed by atoms with E-state index in [0.717, 1.165) is 83.5 Å². The first-order valence-electron chi connectivity index (χ1n) is 26.4. The summed E-state index contributed by atoms with van der Waals surface area (Å²) in [6.07, 6.45) is 47.9. The number of phosphoric ester groups is 1. The van der Waals surface area contributed by atoms with Crippen LogP contribution < -0.4 is 0 Å². The molecule has 0 aromatic rings. The molecule has 12 nitrogen and oxygen atoms in total. The molecule has 0 bridgehead atoms. The maximum Gasteiger partial charge on any atom is 0.472 e. The molecule has 13 heteroatoms. The molecule has 1 fully saturated rings. The van der Waals surface area contributed by atoms with Crippen LogP contribution in [0.3, 0.4) is 0 Å². The number of phosphoric acid groups is 1. The lowest BCUT2D eigenvalue weighted by molar-refractivity contribution is -0.220. The van der Waals surface area contributed by atoms with Crippen LogP contribution in [0.5, 0.6) is 0 Å². The van der Waals surface area contributed by atoms with Crippen LogP contribution in [-0.2, 0) is 27.9 Å². The first kappa shape index (κ1) is 63.5. The van der Waals surface area contributed by atoms with Crippen LogP contribution in [0.2, 0.25) is 0 Å². The number of aliphatic hydroxyl groups is 5. The predicted octanol–water partition coefficient (Wildman–Crippen LogP) is 12.1. The monoisotopic (exact) mass is 979 g/mol. The van der Waals surface area contributed by atoms with Crippen LogP contribution in [0, 0.1) is 0 Å². The first-order valence-corrected chi connectivity index (χ1v) is 27.9. The van der Waals surface area contributed by atoms with Crippen LogP contribution >= 0.6 is 7.82 Å². The number of hydrogen-bond acceptors (Lipinski definition) is 11. The van der Waals surface area contributed by atoms with E-state index in [0.29, 0.717) is 13.0 Å². The van der Waals surface area contributed by atoms with Crippen molar-refractivity contribution in [2.45, 2.75) is 236 Å². The third-order valence-electron chi connectivity index (χ3n) is 11.8. The standard InChI is InChI=1S/C55H95O12P/c1-3-5-7-9-11-13-15-17-19-21-23-24-25-27-29-31-33-35-37-39-41-43-45-64-46-48(47-65-68(62,63)67-55-53(60)51(58)50(57)52(59)54(55)61)66-49(56)44-42-40-38-36-34-32-30-28-26-22-20-18-16-14-12-10-8-6-4-2/h5,7,11,13,17-20,23-24,27,29,33,35,48,50-55,57-61H,3-4,6,8-10,12,14-16,21-22,25-26,28,30-32,34,36-47H2,1-2H3,(H,62,63)/b7-5-,13-11-,19-17-,20-18-,24-23-,29-27-,35-33-. The highest BCUT2D eigenvalue weighted by Gasteiger charge is 2.51. The smallest absolute Gasteiger partial charge is 0.457 e. The van der Waals surface area contributed by atoms with E-state index in [1.807, 2.05) is 0 Å². The van der Waals surface area contributed by atoms with Gasteiger partial charge in [0, 0.05) is 13.0 Å². The molecule has 0 heterocycles. The zero-order valence-corrected chi connectivity index (χ0v) is 43.0. The van der Waals surface area contributed by atoms with Crippen molar-refractivity contribution in [2.24, 2.45) is 0 Å². The Hall–Kier alpha value is -2.48. The molecular formula is C55H95O12P. The van der Waals surface area contributed by atoms with Gasteiger partial charge < -0.3 is 39.9 Å². The molecule has 0 spiro atoms. The van der Waals surface area contributed by atoms with Gasteiger partial charge in [-0.3, -0.25) is 13.8 Å². The van der Waals surface area contributed by atoms with E-state index in [2.05, 4.69) is 98.9 Å². The van der Waals surface area contributed by atoms with E-state index in [4.69, 9.17) is 18.5 Å². The molecule has 0 aromatic carbocycles. The van der Waals surface area contributed by atoms with Gasteiger partial charge in [-0.2, -0.15) is 0 Å². The molecule has 1 saturated carbocycles. The Morgan fingerprint density at radius 2 is 0.868 bits per heavy atom. The molecule has 68 heavy (non-hydrogen) atoms. The molecule has 1 rings (SSSR count). The van der Waals surface area contributed by atoms with Crippen molar-refractivity contribution in [2.75, 3.05) is 19.8 Å². The van der Waals surface area contributed by atoms with Crippen molar-refractivity contribution in [3.63, 3.8) is 0 Å². The summed E-state index contributed by atoms with van der Waals surface area (Å²) < 4.78 is 34.3. The van der Waals surface area contributed by atoms with Crippen molar-refractivity contribution in [1.29, 1.82) is 0 Å². The number of aliphatic hydroxyl groups excluding tert-OH is 5. The van der Waals surface area contributed by atoms with E-state index in [1.54, 1.807) is 0 Å². The minimum Gasteiger partial charge on any atom is -0.457 e. The third kappa shape index (κ3) is 35.6. The number of unbranched alkanes of at least 4 members (excludes halogenated alkanes) is 18. The Labute approximate surface area is 412 Å². The SMILES string of the molecule is CC/C=C\C/C=C\C/C=C\C/C=C\C/C=C\C/C=C\CCCCCOCC(COP(=O)(O)OC1C(O)C(O)C(O)C(O)C1O)OC(=O)CCCCCCCCCCC/C=C\CCCCCCCC. The van der Waals surface area contributed by atoms with Crippen LogP contribution in [0.4, 0.5) is 0 Å². The topological polar surface area (TPSA) is 192 Å². The second-order valence-electron chi connectivity index (χ2n) is 18.0. The maximum atomic E-state index is 12.9. The summed E-state index contributed by atoms with van der Waals surface area (Å²) in [6.45, 7) is 4.07. The number of hydrogen-bond donors (Lipinski definition) is 6. The summed E-state index contributed by atoms with van der Waals surface area (Å²) >= 11 is 0. The lowest BCUT2D eigenvalue weighted by atomic mass is 9.85. The minimum atomic E-state index is -5.04. The number of ether oxygens (including phenoxy) is 2. The van der Waals surface area contributed by atoms with Crippen LogP contribution in [-0.4, -0.2) is 98.9 Å².